The number of nitrogens with one attached hydrogen (secondary N) is 2. The zero-order valence-corrected chi connectivity index (χ0v) is 17.5. The lowest BCUT2D eigenvalue weighted by Crippen LogP contribution is -2.24. The largest absolute Gasteiger partial charge is 0.301 e. The standard InChI is InChI=1S/C19H21BrN6O2/c1-4-5-6-15-11(2)21-19(22-17(15)27)26-18(28)16(12(3)25-26)24-23-14-9-7-13(20)8-10-14/h7-10,25H,4-6H2,1-3H3,(H,21,22,27). The minimum atomic E-state index is -0.429. The molecule has 3 rings (SSSR count). The molecule has 0 spiro atoms. The summed E-state index contributed by atoms with van der Waals surface area (Å²) in [6.45, 7) is 5.56. The Bertz CT molecular complexity index is 1120. The molecule has 8 nitrogen and oxygen atoms in total. The molecular weight excluding hydrogens is 424 g/mol. The van der Waals surface area contributed by atoms with Gasteiger partial charge in [0.1, 0.15) is 0 Å². The molecule has 3 aromatic rings. The third-order valence-corrected chi connectivity index (χ3v) is 4.86. The molecule has 0 aliphatic rings. The second kappa shape index (κ2) is 8.47. The SMILES string of the molecule is CCCCc1c(C)nc(-n2[nH]c(C)c(N=Nc3ccc(Br)cc3)c2=O)[nH]c1=O. The summed E-state index contributed by atoms with van der Waals surface area (Å²) >= 11 is 3.36. The number of hydrogen-bond acceptors (Lipinski definition) is 5. The second-order valence-corrected chi connectivity index (χ2v) is 7.38. The van der Waals surface area contributed by atoms with Crippen molar-refractivity contribution in [1.29, 1.82) is 0 Å². The highest BCUT2D eigenvalue weighted by atomic mass is 79.9. The van der Waals surface area contributed by atoms with Crippen molar-refractivity contribution in [2.45, 2.75) is 40.0 Å². The van der Waals surface area contributed by atoms with Crippen LogP contribution < -0.4 is 11.1 Å². The first kappa shape index (κ1) is 19.9. The van der Waals surface area contributed by atoms with E-state index in [1.54, 1.807) is 26.0 Å². The monoisotopic (exact) mass is 444 g/mol. The molecule has 1 aromatic carbocycles. The number of azo groups is 1. The van der Waals surface area contributed by atoms with Crippen LogP contribution in [0.15, 0.2) is 48.6 Å². The summed E-state index contributed by atoms with van der Waals surface area (Å²) in [4.78, 5) is 32.3. The van der Waals surface area contributed by atoms with E-state index in [0.717, 1.165) is 17.3 Å². The topological polar surface area (TPSA) is 108 Å². The Balaban J connectivity index is 1.97. The second-order valence-electron chi connectivity index (χ2n) is 6.46. The zero-order chi connectivity index (χ0) is 20.3. The van der Waals surface area contributed by atoms with Gasteiger partial charge in [0.25, 0.3) is 5.56 Å². The maximum atomic E-state index is 12.8. The van der Waals surface area contributed by atoms with E-state index >= 15 is 0 Å². The van der Waals surface area contributed by atoms with Crippen molar-refractivity contribution in [2.75, 3.05) is 0 Å². The number of aromatic amines is 2. The van der Waals surface area contributed by atoms with E-state index in [1.165, 1.54) is 4.68 Å². The van der Waals surface area contributed by atoms with Gasteiger partial charge < -0.3 is 0 Å². The lowest BCUT2D eigenvalue weighted by atomic mass is 10.1. The molecule has 0 aliphatic carbocycles. The Morgan fingerprint density at radius 2 is 1.86 bits per heavy atom. The van der Waals surface area contributed by atoms with Crippen molar-refractivity contribution in [1.82, 2.24) is 19.7 Å². The summed E-state index contributed by atoms with van der Waals surface area (Å²) < 4.78 is 2.11. The first-order valence-corrected chi connectivity index (χ1v) is 9.79. The van der Waals surface area contributed by atoms with Crippen molar-refractivity contribution in [3.8, 4) is 5.95 Å². The Morgan fingerprint density at radius 3 is 2.50 bits per heavy atom. The molecule has 0 fully saturated rings. The molecule has 0 amide bonds. The van der Waals surface area contributed by atoms with Gasteiger partial charge in [0.15, 0.2) is 5.69 Å². The molecule has 0 saturated carbocycles. The highest BCUT2D eigenvalue weighted by Crippen LogP contribution is 2.20. The molecular formula is C19H21BrN6O2. The average Bonchev–Trinajstić information content (AvgIpc) is 2.94. The van der Waals surface area contributed by atoms with Crippen LogP contribution in [0.3, 0.4) is 0 Å². The van der Waals surface area contributed by atoms with Crippen LogP contribution in [0.1, 0.15) is 36.7 Å². The smallest absolute Gasteiger partial charge is 0.291 e. The van der Waals surface area contributed by atoms with Crippen LogP contribution in [0.5, 0.6) is 0 Å². The summed E-state index contributed by atoms with van der Waals surface area (Å²) in [5.41, 5.74) is 1.92. The van der Waals surface area contributed by atoms with Gasteiger partial charge in [0.2, 0.25) is 5.95 Å². The predicted octanol–water partition coefficient (Wildman–Crippen LogP) is 4.39. The number of rotatable bonds is 6. The van der Waals surface area contributed by atoms with E-state index in [1.807, 2.05) is 12.1 Å². The number of aryl methyl sites for hydroxylation is 2. The first-order chi connectivity index (χ1) is 13.4. The molecule has 2 N–H and O–H groups in total. The van der Waals surface area contributed by atoms with Gasteiger partial charge in [-0.1, -0.05) is 29.3 Å². The molecule has 0 bridgehead atoms. The normalized spacial score (nSPS) is 11.4. The third kappa shape index (κ3) is 4.19. The Labute approximate surface area is 169 Å². The average molecular weight is 445 g/mol. The van der Waals surface area contributed by atoms with Gasteiger partial charge in [0, 0.05) is 10.0 Å². The molecule has 0 unspecified atom stereocenters. The van der Waals surface area contributed by atoms with E-state index in [9.17, 15) is 9.59 Å². The molecule has 146 valence electrons. The summed E-state index contributed by atoms with van der Waals surface area (Å²) in [5, 5.41) is 11.1. The molecule has 2 aromatic heterocycles. The van der Waals surface area contributed by atoms with Crippen LogP contribution in [-0.2, 0) is 6.42 Å². The number of hydrogen-bond donors (Lipinski definition) is 2. The quantitative estimate of drug-likeness (QED) is 0.550. The van der Waals surface area contributed by atoms with Crippen molar-refractivity contribution >= 4 is 27.3 Å². The molecule has 2 heterocycles. The van der Waals surface area contributed by atoms with Gasteiger partial charge in [-0.15, -0.1) is 5.11 Å². The molecule has 0 saturated heterocycles. The number of aromatic nitrogens is 4. The number of unbranched alkanes of at least 4 members (excludes halogenated alkanes) is 1. The van der Waals surface area contributed by atoms with E-state index in [-0.39, 0.29) is 17.2 Å². The minimum Gasteiger partial charge on any atom is -0.291 e. The third-order valence-electron chi connectivity index (χ3n) is 4.33. The van der Waals surface area contributed by atoms with E-state index in [4.69, 9.17) is 0 Å². The van der Waals surface area contributed by atoms with Crippen LogP contribution in [0, 0.1) is 13.8 Å². The fraction of sp³-hybridized carbons (Fsp3) is 0.316. The van der Waals surface area contributed by atoms with Crippen LogP contribution in [0.25, 0.3) is 5.95 Å². The highest BCUT2D eigenvalue weighted by molar-refractivity contribution is 9.10. The summed E-state index contributed by atoms with van der Waals surface area (Å²) in [5.74, 6) is 0.140. The maximum Gasteiger partial charge on any atom is 0.301 e. The lowest BCUT2D eigenvalue weighted by Gasteiger charge is -2.06. The lowest BCUT2D eigenvalue weighted by molar-refractivity contribution is 0.735. The number of halogens is 1. The van der Waals surface area contributed by atoms with Gasteiger partial charge in [-0.25, -0.2) is 4.98 Å². The fourth-order valence-electron chi connectivity index (χ4n) is 2.77. The van der Waals surface area contributed by atoms with Crippen LogP contribution in [0.2, 0.25) is 0 Å². The summed E-state index contributed by atoms with van der Waals surface area (Å²) in [6.07, 6.45) is 2.56. The van der Waals surface area contributed by atoms with E-state index in [2.05, 4.69) is 48.1 Å². The first-order valence-electron chi connectivity index (χ1n) is 8.99. The number of nitrogens with zero attached hydrogens (tertiary/aromatic N) is 4. The molecule has 0 radical (unpaired) electrons. The Morgan fingerprint density at radius 1 is 1.14 bits per heavy atom. The van der Waals surface area contributed by atoms with Crippen molar-refractivity contribution in [2.24, 2.45) is 10.2 Å². The molecule has 28 heavy (non-hydrogen) atoms. The van der Waals surface area contributed by atoms with Gasteiger partial charge >= 0.3 is 5.56 Å². The van der Waals surface area contributed by atoms with E-state index in [0.29, 0.717) is 29.1 Å². The zero-order valence-electron chi connectivity index (χ0n) is 15.9. The maximum absolute atomic E-state index is 12.8. The molecule has 9 heteroatoms. The van der Waals surface area contributed by atoms with Gasteiger partial charge in [-0.3, -0.25) is 19.7 Å². The highest BCUT2D eigenvalue weighted by Gasteiger charge is 2.16. The Hall–Kier alpha value is -2.81. The van der Waals surface area contributed by atoms with Crippen LogP contribution in [0.4, 0.5) is 11.4 Å². The van der Waals surface area contributed by atoms with Gasteiger partial charge in [-0.2, -0.15) is 9.80 Å². The van der Waals surface area contributed by atoms with Gasteiger partial charge in [0.05, 0.1) is 17.1 Å². The molecule has 0 atom stereocenters. The van der Waals surface area contributed by atoms with Crippen molar-refractivity contribution in [3.63, 3.8) is 0 Å². The number of benzene rings is 1. The fourth-order valence-corrected chi connectivity index (χ4v) is 3.03. The summed E-state index contributed by atoms with van der Waals surface area (Å²) in [6, 6.07) is 7.25. The van der Waals surface area contributed by atoms with Crippen LogP contribution >= 0.6 is 15.9 Å². The van der Waals surface area contributed by atoms with Crippen molar-refractivity contribution in [3.05, 3.63) is 66.4 Å². The van der Waals surface area contributed by atoms with Crippen molar-refractivity contribution < 1.29 is 0 Å². The molecule has 0 aliphatic heterocycles. The van der Waals surface area contributed by atoms with Crippen LogP contribution in [-0.4, -0.2) is 19.7 Å². The Kier molecular flexibility index (Phi) is 6.03. The minimum absolute atomic E-state index is 0.140. The predicted molar refractivity (Wildman–Crippen MR) is 111 cm³/mol. The van der Waals surface area contributed by atoms with Gasteiger partial charge in [-0.05, 0) is 51.0 Å². The number of H-pyrrole nitrogens is 2. The summed E-state index contributed by atoms with van der Waals surface area (Å²) in [7, 11) is 0. The van der Waals surface area contributed by atoms with E-state index < -0.39 is 5.56 Å².